The van der Waals surface area contributed by atoms with Crippen LogP contribution >= 0.6 is 11.6 Å². The number of non-ortho nitro benzene ring substituents is 1. The number of nitro benzene ring substituents is 1. The van der Waals surface area contributed by atoms with Crippen LogP contribution in [0.2, 0.25) is 5.02 Å². The average Bonchev–Trinajstić information content (AvgIpc) is 3.47. The molecule has 0 saturated carbocycles. The van der Waals surface area contributed by atoms with E-state index in [1.54, 1.807) is 0 Å². The minimum absolute atomic E-state index is 0.0317. The number of nitro groups is 1. The summed E-state index contributed by atoms with van der Waals surface area (Å²) in [5.41, 5.74) is -0.979. The number of anilines is 2. The molecule has 9 nitrogen and oxygen atoms in total. The van der Waals surface area contributed by atoms with Gasteiger partial charge in [-0.2, -0.15) is 0 Å². The lowest BCUT2D eigenvalue weighted by Gasteiger charge is -2.36. The highest BCUT2D eigenvalue weighted by molar-refractivity contribution is 6.36. The maximum atomic E-state index is 14.3. The van der Waals surface area contributed by atoms with Crippen LogP contribution in [0, 0.1) is 27.8 Å². The summed E-state index contributed by atoms with van der Waals surface area (Å²) in [6, 6.07) is 7.09. The number of hydrogen-bond acceptors (Lipinski definition) is 6. The van der Waals surface area contributed by atoms with Gasteiger partial charge in [0, 0.05) is 29.4 Å². The molecule has 4 atom stereocenters. The highest BCUT2D eigenvalue weighted by atomic mass is 35.5. The van der Waals surface area contributed by atoms with Gasteiger partial charge >= 0.3 is 0 Å². The number of benzene rings is 2. The second kappa shape index (κ2) is 6.58. The smallest absolute Gasteiger partial charge is 0.271 e. The predicted molar refractivity (Wildman–Crippen MR) is 114 cm³/mol. The van der Waals surface area contributed by atoms with Crippen LogP contribution in [-0.2, 0) is 19.9 Å². The Hall–Kier alpha value is -3.37. The zero-order valence-electron chi connectivity index (χ0n) is 17.0. The van der Waals surface area contributed by atoms with Crippen molar-refractivity contribution in [2.75, 3.05) is 16.8 Å². The van der Waals surface area contributed by atoms with Crippen molar-refractivity contribution in [1.82, 2.24) is 4.90 Å². The summed E-state index contributed by atoms with van der Waals surface area (Å²) < 4.78 is 14.3. The van der Waals surface area contributed by atoms with Crippen LogP contribution in [0.5, 0.6) is 0 Å². The summed E-state index contributed by atoms with van der Waals surface area (Å²) in [5, 5.41) is 13.7. The molecule has 3 fully saturated rings. The molecule has 6 rings (SSSR count). The largest absolute Gasteiger partial charge is 0.324 e. The Balaban J connectivity index is 1.53. The second-order valence-corrected chi connectivity index (χ2v) is 9.13. The molecule has 11 heteroatoms. The first-order chi connectivity index (χ1) is 15.8. The van der Waals surface area contributed by atoms with Gasteiger partial charge in [0.1, 0.15) is 11.4 Å². The van der Waals surface area contributed by atoms with Gasteiger partial charge in [-0.25, -0.2) is 9.29 Å². The Bertz CT molecular complexity index is 1300. The molecule has 0 aliphatic carbocycles. The molecule has 2 aromatic carbocycles. The summed E-state index contributed by atoms with van der Waals surface area (Å²) in [5.74, 6) is -4.01. The number of halogens is 2. The first kappa shape index (κ1) is 20.3. The normalized spacial score (nSPS) is 30.1. The lowest BCUT2D eigenvalue weighted by Crippen LogP contribution is -2.54. The van der Waals surface area contributed by atoms with Gasteiger partial charge in [0.15, 0.2) is 0 Å². The van der Waals surface area contributed by atoms with Crippen LogP contribution in [0.25, 0.3) is 0 Å². The first-order valence-electron chi connectivity index (χ1n) is 10.5. The van der Waals surface area contributed by atoms with E-state index in [-0.39, 0.29) is 22.4 Å². The molecule has 0 radical (unpaired) electrons. The van der Waals surface area contributed by atoms with Crippen LogP contribution in [0.3, 0.4) is 0 Å². The maximum absolute atomic E-state index is 14.3. The third-order valence-corrected chi connectivity index (χ3v) is 7.64. The van der Waals surface area contributed by atoms with Gasteiger partial charge in [0.2, 0.25) is 17.7 Å². The molecule has 33 heavy (non-hydrogen) atoms. The van der Waals surface area contributed by atoms with Gasteiger partial charge in [0.05, 0.1) is 27.5 Å². The monoisotopic (exact) mass is 470 g/mol. The molecule has 4 heterocycles. The molecule has 1 spiro atoms. The van der Waals surface area contributed by atoms with Crippen LogP contribution in [0.15, 0.2) is 36.4 Å². The van der Waals surface area contributed by atoms with Crippen molar-refractivity contribution in [3.63, 3.8) is 0 Å². The van der Waals surface area contributed by atoms with E-state index in [1.165, 1.54) is 30.3 Å². The molecular formula is C22H16ClFN4O5. The molecule has 0 aromatic heterocycles. The topological polar surface area (TPSA) is 113 Å². The Labute approximate surface area is 191 Å². The Kier molecular flexibility index (Phi) is 4.04. The molecule has 0 bridgehead atoms. The quantitative estimate of drug-likeness (QED) is 0.410. The summed E-state index contributed by atoms with van der Waals surface area (Å²) in [6.45, 7) is 0.500. The number of imide groups is 1. The van der Waals surface area contributed by atoms with Gasteiger partial charge < -0.3 is 5.32 Å². The maximum Gasteiger partial charge on any atom is 0.271 e. The lowest BCUT2D eigenvalue weighted by atomic mass is 9.75. The molecule has 3 saturated heterocycles. The lowest BCUT2D eigenvalue weighted by molar-refractivity contribution is -0.384. The van der Waals surface area contributed by atoms with Crippen LogP contribution in [0.4, 0.5) is 21.5 Å². The summed E-state index contributed by atoms with van der Waals surface area (Å²) in [4.78, 5) is 54.2. The molecule has 1 N–H and O–H groups in total. The predicted octanol–water partition coefficient (Wildman–Crippen LogP) is 2.82. The number of nitrogens with one attached hydrogen (secondary N) is 1. The van der Waals surface area contributed by atoms with Gasteiger partial charge in [-0.15, -0.1) is 0 Å². The van der Waals surface area contributed by atoms with Gasteiger partial charge in [-0.1, -0.05) is 11.6 Å². The van der Waals surface area contributed by atoms with Crippen molar-refractivity contribution in [3.8, 4) is 0 Å². The van der Waals surface area contributed by atoms with Crippen molar-refractivity contribution < 1.29 is 23.7 Å². The van der Waals surface area contributed by atoms with E-state index in [9.17, 15) is 28.9 Å². The van der Waals surface area contributed by atoms with E-state index in [1.807, 2.05) is 4.90 Å². The van der Waals surface area contributed by atoms with E-state index < -0.39 is 45.8 Å². The van der Waals surface area contributed by atoms with Crippen molar-refractivity contribution in [2.45, 2.75) is 24.4 Å². The van der Waals surface area contributed by atoms with Crippen LogP contribution in [-0.4, -0.2) is 40.1 Å². The van der Waals surface area contributed by atoms with E-state index in [0.717, 1.165) is 17.4 Å². The van der Waals surface area contributed by atoms with E-state index in [4.69, 9.17) is 11.6 Å². The second-order valence-electron chi connectivity index (χ2n) is 8.72. The van der Waals surface area contributed by atoms with Crippen LogP contribution in [0.1, 0.15) is 18.4 Å². The fourth-order valence-corrected chi connectivity index (χ4v) is 6.46. The summed E-state index contributed by atoms with van der Waals surface area (Å²) in [6.07, 6.45) is 1.34. The number of amides is 3. The number of hydrogen-bond donors (Lipinski definition) is 1. The fraction of sp³-hybridized carbons (Fsp3) is 0.318. The molecule has 4 aliphatic rings. The number of rotatable bonds is 2. The van der Waals surface area contributed by atoms with Gasteiger partial charge in [0.25, 0.3) is 5.69 Å². The van der Waals surface area contributed by atoms with E-state index in [2.05, 4.69) is 5.32 Å². The molecular weight excluding hydrogens is 455 g/mol. The zero-order valence-corrected chi connectivity index (χ0v) is 17.7. The summed E-state index contributed by atoms with van der Waals surface area (Å²) >= 11 is 6.24. The highest BCUT2D eigenvalue weighted by Gasteiger charge is 2.74. The number of carbonyl (C=O) groups is 3. The minimum atomic E-state index is -1.50. The first-order valence-corrected chi connectivity index (χ1v) is 10.8. The van der Waals surface area contributed by atoms with E-state index >= 15 is 0 Å². The van der Waals surface area contributed by atoms with Crippen LogP contribution < -0.4 is 10.2 Å². The van der Waals surface area contributed by atoms with Gasteiger partial charge in [-0.05, 0) is 43.7 Å². The average molecular weight is 471 g/mol. The zero-order chi connectivity index (χ0) is 23.2. The van der Waals surface area contributed by atoms with Gasteiger partial charge in [-0.3, -0.25) is 29.4 Å². The Morgan fingerprint density at radius 2 is 1.94 bits per heavy atom. The minimum Gasteiger partial charge on any atom is -0.324 e. The van der Waals surface area contributed by atoms with Crippen molar-refractivity contribution in [3.05, 3.63) is 62.9 Å². The van der Waals surface area contributed by atoms with Crippen molar-refractivity contribution in [1.29, 1.82) is 0 Å². The highest BCUT2D eigenvalue weighted by Crippen LogP contribution is 2.61. The Morgan fingerprint density at radius 1 is 1.15 bits per heavy atom. The number of nitrogens with zero attached hydrogens (tertiary/aromatic N) is 3. The third-order valence-electron chi connectivity index (χ3n) is 7.34. The fourth-order valence-electron chi connectivity index (χ4n) is 6.20. The SMILES string of the molecule is O=C1C2C3CCCN3C3(C(=O)Nc4ccc(F)cc43)C2C(=O)N1c1ccc([N+](=O)[O-])cc1Cl. The molecule has 2 aromatic rings. The summed E-state index contributed by atoms with van der Waals surface area (Å²) in [7, 11) is 0. The van der Waals surface area contributed by atoms with E-state index in [0.29, 0.717) is 24.2 Å². The van der Waals surface area contributed by atoms with Crippen molar-refractivity contribution in [2.24, 2.45) is 11.8 Å². The molecule has 168 valence electrons. The van der Waals surface area contributed by atoms with Crippen molar-refractivity contribution >= 4 is 46.4 Å². The standard InChI is InChI=1S/C22H16ClFN4O5/c23-13-9-11(28(32)33)4-6-15(13)27-19(29)17-16-2-1-7-26(16)22(18(17)20(27)30)12-8-10(24)3-5-14(12)25-21(22)31/h3-6,8-9,16-18H,1-2,7H2,(H,25,31). The Morgan fingerprint density at radius 3 is 2.67 bits per heavy atom. The molecule has 4 unspecified atom stereocenters. The number of fused-ring (bicyclic) bond motifs is 7. The number of carbonyl (C=O) groups excluding carboxylic acids is 3. The molecule has 3 amide bonds. The molecule has 4 aliphatic heterocycles. The third kappa shape index (κ3) is 2.37.